The summed E-state index contributed by atoms with van der Waals surface area (Å²) in [7, 11) is 0. The molecule has 0 aliphatic carbocycles. The van der Waals surface area contributed by atoms with Crippen LogP contribution in [-0.4, -0.2) is 16.7 Å². The molecule has 0 unspecified atom stereocenters. The van der Waals surface area contributed by atoms with Gasteiger partial charge in [-0.1, -0.05) is 32.0 Å². The van der Waals surface area contributed by atoms with Crippen molar-refractivity contribution >= 4 is 10.9 Å². The molecule has 0 atom stereocenters. The normalized spacial score (nSPS) is 12.2. The van der Waals surface area contributed by atoms with Crippen LogP contribution in [-0.2, 0) is 5.41 Å². The molecule has 3 N–H and O–H groups in total. The van der Waals surface area contributed by atoms with Crippen LogP contribution in [0.15, 0.2) is 24.3 Å². The van der Waals surface area contributed by atoms with E-state index < -0.39 is 0 Å². The highest BCUT2D eigenvalue weighted by Gasteiger charge is 2.23. The Morgan fingerprint density at radius 3 is 2.80 bits per heavy atom. The van der Waals surface area contributed by atoms with Crippen molar-refractivity contribution in [3.8, 4) is 0 Å². The third-order valence-corrected chi connectivity index (χ3v) is 2.91. The molecule has 0 radical (unpaired) electrons. The van der Waals surface area contributed by atoms with E-state index in [0.717, 1.165) is 11.9 Å². The first-order chi connectivity index (χ1) is 7.15. The van der Waals surface area contributed by atoms with Gasteiger partial charge in [-0.25, -0.2) is 0 Å². The van der Waals surface area contributed by atoms with Gasteiger partial charge >= 0.3 is 0 Å². The van der Waals surface area contributed by atoms with Crippen molar-refractivity contribution in [1.29, 1.82) is 0 Å². The van der Waals surface area contributed by atoms with E-state index in [2.05, 4.69) is 30.1 Å². The Balaban J connectivity index is 2.52. The average Bonchev–Trinajstić information content (AvgIpc) is 2.61. The highest BCUT2D eigenvalue weighted by atomic mass is 15.1. The number of rotatable bonds is 3. The summed E-state index contributed by atoms with van der Waals surface area (Å²) in [6.45, 7) is 5.08. The van der Waals surface area contributed by atoms with Crippen molar-refractivity contribution in [1.82, 2.24) is 10.2 Å². The number of H-pyrrole nitrogens is 1. The molecule has 0 bridgehead atoms. The zero-order chi connectivity index (χ0) is 10.9. The van der Waals surface area contributed by atoms with Crippen molar-refractivity contribution < 1.29 is 0 Å². The first-order valence-electron chi connectivity index (χ1n) is 5.29. The third-order valence-electron chi connectivity index (χ3n) is 2.91. The van der Waals surface area contributed by atoms with E-state index in [9.17, 15) is 0 Å². The number of aromatic amines is 1. The number of benzene rings is 1. The van der Waals surface area contributed by atoms with Crippen molar-refractivity contribution in [2.45, 2.75) is 25.7 Å². The first-order valence-corrected chi connectivity index (χ1v) is 5.29. The molecule has 0 aliphatic rings. The van der Waals surface area contributed by atoms with E-state index in [1.165, 1.54) is 11.1 Å². The molecule has 80 valence electrons. The number of hydrogen-bond donors (Lipinski definition) is 2. The lowest BCUT2D eigenvalue weighted by Gasteiger charge is -2.22. The van der Waals surface area contributed by atoms with Crippen LogP contribution in [0, 0.1) is 0 Å². The second-order valence-electron chi connectivity index (χ2n) is 4.54. The minimum absolute atomic E-state index is 0.0604. The van der Waals surface area contributed by atoms with Crippen LogP contribution in [0.3, 0.4) is 0 Å². The summed E-state index contributed by atoms with van der Waals surface area (Å²) in [6, 6.07) is 8.17. The Labute approximate surface area is 89.7 Å². The monoisotopic (exact) mass is 203 g/mol. The van der Waals surface area contributed by atoms with Crippen molar-refractivity contribution in [2.75, 3.05) is 6.54 Å². The molecule has 0 amide bonds. The van der Waals surface area contributed by atoms with Crippen LogP contribution < -0.4 is 5.73 Å². The van der Waals surface area contributed by atoms with Gasteiger partial charge in [0.1, 0.15) is 0 Å². The van der Waals surface area contributed by atoms with Gasteiger partial charge in [0, 0.05) is 16.5 Å². The maximum absolute atomic E-state index is 5.63. The van der Waals surface area contributed by atoms with Crippen LogP contribution in [0.1, 0.15) is 26.0 Å². The summed E-state index contributed by atoms with van der Waals surface area (Å²) in [4.78, 5) is 0. The first kappa shape index (κ1) is 10.2. The zero-order valence-corrected chi connectivity index (χ0v) is 9.25. The number of nitrogens with two attached hydrogens (primary N) is 1. The topological polar surface area (TPSA) is 54.7 Å². The lowest BCUT2D eigenvalue weighted by molar-refractivity contribution is 0.476. The van der Waals surface area contributed by atoms with Gasteiger partial charge in [-0.05, 0) is 19.0 Å². The average molecular weight is 203 g/mol. The van der Waals surface area contributed by atoms with Crippen molar-refractivity contribution in [2.24, 2.45) is 5.73 Å². The molecule has 0 saturated heterocycles. The molecule has 1 heterocycles. The smallest absolute Gasteiger partial charge is 0.0923 e. The Bertz CT molecular complexity index is 457. The van der Waals surface area contributed by atoms with Gasteiger partial charge in [0.15, 0.2) is 0 Å². The van der Waals surface area contributed by atoms with Crippen molar-refractivity contribution in [3.63, 3.8) is 0 Å². The minimum Gasteiger partial charge on any atom is -0.330 e. The van der Waals surface area contributed by atoms with Gasteiger partial charge in [0.05, 0.1) is 5.52 Å². The van der Waals surface area contributed by atoms with Gasteiger partial charge in [-0.3, -0.25) is 5.10 Å². The summed E-state index contributed by atoms with van der Waals surface area (Å²) in [5.74, 6) is 0. The second-order valence-corrected chi connectivity index (χ2v) is 4.54. The molecule has 0 saturated carbocycles. The number of nitrogens with zero attached hydrogens (tertiary/aromatic N) is 1. The molecular formula is C12H17N3. The molecule has 1 aromatic heterocycles. The number of aromatic nitrogens is 2. The molecule has 2 rings (SSSR count). The summed E-state index contributed by atoms with van der Waals surface area (Å²) in [5, 5.41) is 8.64. The van der Waals surface area contributed by atoms with Crippen molar-refractivity contribution in [3.05, 3.63) is 30.0 Å². The Morgan fingerprint density at radius 2 is 2.07 bits per heavy atom. The number of para-hydroxylation sites is 1. The maximum Gasteiger partial charge on any atom is 0.0923 e. The van der Waals surface area contributed by atoms with Gasteiger partial charge in [0.2, 0.25) is 0 Å². The molecule has 3 nitrogen and oxygen atoms in total. The van der Waals surface area contributed by atoms with Crippen LogP contribution in [0.5, 0.6) is 0 Å². The maximum atomic E-state index is 5.63. The third kappa shape index (κ3) is 1.75. The number of fused-ring (bicyclic) bond motifs is 1. The fourth-order valence-corrected chi connectivity index (χ4v) is 1.96. The lowest BCUT2D eigenvalue weighted by Crippen LogP contribution is -2.22. The molecule has 3 heteroatoms. The SMILES string of the molecule is CC(C)(CCN)c1[nH]nc2ccccc12. The Morgan fingerprint density at radius 1 is 1.33 bits per heavy atom. The van der Waals surface area contributed by atoms with E-state index in [4.69, 9.17) is 5.73 Å². The van der Waals surface area contributed by atoms with Gasteiger partial charge < -0.3 is 5.73 Å². The standard InChI is InChI=1S/C12H17N3/c1-12(2,7-8-13)11-9-5-3-4-6-10(9)14-15-11/h3-6H,7-8,13H2,1-2H3,(H,14,15). The highest BCUT2D eigenvalue weighted by molar-refractivity contribution is 5.82. The summed E-state index contributed by atoms with van der Waals surface area (Å²) >= 11 is 0. The zero-order valence-electron chi connectivity index (χ0n) is 9.25. The van der Waals surface area contributed by atoms with E-state index in [1.807, 2.05) is 18.2 Å². The summed E-state index contributed by atoms with van der Waals surface area (Å²) in [5.41, 5.74) is 7.90. The van der Waals surface area contributed by atoms with Crippen LogP contribution in [0.4, 0.5) is 0 Å². The fourth-order valence-electron chi connectivity index (χ4n) is 1.96. The van der Waals surface area contributed by atoms with Gasteiger partial charge in [0.25, 0.3) is 0 Å². The van der Waals surface area contributed by atoms with E-state index in [1.54, 1.807) is 0 Å². The number of hydrogen-bond acceptors (Lipinski definition) is 2. The molecule has 15 heavy (non-hydrogen) atoms. The molecule has 0 aliphatic heterocycles. The van der Waals surface area contributed by atoms with Gasteiger partial charge in [-0.2, -0.15) is 5.10 Å². The Kier molecular flexibility index (Phi) is 2.49. The predicted molar refractivity (Wildman–Crippen MR) is 62.8 cm³/mol. The van der Waals surface area contributed by atoms with E-state index in [0.29, 0.717) is 6.54 Å². The predicted octanol–water partition coefficient (Wildman–Crippen LogP) is 2.19. The molecule has 2 aromatic rings. The van der Waals surface area contributed by atoms with Crippen LogP contribution in [0.2, 0.25) is 0 Å². The molecule has 1 aromatic carbocycles. The molecule has 0 spiro atoms. The van der Waals surface area contributed by atoms with E-state index >= 15 is 0 Å². The largest absolute Gasteiger partial charge is 0.330 e. The quantitative estimate of drug-likeness (QED) is 0.803. The van der Waals surface area contributed by atoms with Gasteiger partial charge in [-0.15, -0.1) is 0 Å². The molecular weight excluding hydrogens is 186 g/mol. The minimum atomic E-state index is 0.0604. The Hall–Kier alpha value is -1.35. The molecule has 0 fully saturated rings. The number of nitrogens with one attached hydrogen (secondary N) is 1. The van der Waals surface area contributed by atoms with Crippen LogP contribution in [0.25, 0.3) is 10.9 Å². The van der Waals surface area contributed by atoms with E-state index in [-0.39, 0.29) is 5.41 Å². The summed E-state index contributed by atoms with van der Waals surface area (Å²) < 4.78 is 0. The second kappa shape index (κ2) is 3.66. The lowest BCUT2D eigenvalue weighted by atomic mass is 9.84. The highest BCUT2D eigenvalue weighted by Crippen LogP contribution is 2.30. The van der Waals surface area contributed by atoms with Crippen LogP contribution >= 0.6 is 0 Å². The summed E-state index contributed by atoms with van der Waals surface area (Å²) in [6.07, 6.45) is 0.958. The fraction of sp³-hybridized carbons (Fsp3) is 0.417.